The second kappa shape index (κ2) is 8.08. The fourth-order valence-corrected chi connectivity index (χ4v) is 3.56. The maximum atomic E-state index is 13.5. The van der Waals surface area contributed by atoms with Crippen LogP contribution in [0.25, 0.3) is 0 Å². The zero-order valence-corrected chi connectivity index (χ0v) is 14.4. The summed E-state index contributed by atoms with van der Waals surface area (Å²) in [5, 5.41) is 0. The predicted octanol–water partition coefficient (Wildman–Crippen LogP) is 2.68. The summed E-state index contributed by atoms with van der Waals surface area (Å²) in [5.41, 5.74) is 0.573. The summed E-state index contributed by atoms with van der Waals surface area (Å²) in [6.07, 6.45) is 4.14. The maximum Gasteiger partial charge on any atom is 0.222 e. The van der Waals surface area contributed by atoms with Gasteiger partial charge in [0.15, 0.2) is 0 Å². The van der Waals surface area contributed by atoms with E-state index in [9.17, 15) is 9.18 Å². The maximum absolute atomic E-state index is 13.5. The highest BCUT2D eigenvalue weighted by Gasteiger charge is 2.31. The SMILES string of the molecule is CN1CCCC(CCC(=O)N2CC(OCc3ccccc3F)C2)C1. The largest absolute Gasteiger partial charge is 0.370 e. The molecule has 1 unspecified atom stereocenters. The van der Waals surface area contributed by atoms with Crippen molar-refractivity contribution in [2.45, 2.75) is 38.4 Å². The lowest BCUT2D eigenvalue weighted by Gasteiger charge is -2.39. The van der Waals surface area contributed by atoms with Crippen LogP contribution in [0.1, 0.15) is 31.2 Å². The predicted molar refractivity (Wildman–Crippen MR) is 91.0 cm³/mol. The van der Waals surface area contributed by atoms with E-state index in [0.29, 0.717) is 31.0 Å². The summed E-state index contributed by atoms with van der Waals surface area (Å²) >= 11 is 0. The average molecular weight is 334 g/mol. The Bertz CT molecular complexity index is 560. The van der Waals surface area contributed by atoms with Crippen LogP contribution in [0.5, 0.6) is 0 Å². The first-order valence-corrected chi connectivity index (χ1v) is 8.93. The lowest BCUT2D eigenvalue weighted by molar-refractivity contribution is -0.146. The fraction of sp³-hybridized carbons (Fsp3) is 0.632. The van der Waals surface area contributed by atoms with Gasteiger partial charge in [0.25, 0.3) is 0 Å². The molecule has 3 rings (SSSR count). The highest BCUT2D eigenvalue weighted by molar-refractivity contribution is 5.77. The van der Waals surface area contributed by atoms with Crippen molar-refractivity contribution in [1.29, 1.82) is 0 Å². The van der Waals surface area contributed by atoms with Crippen LogP contribution in [0.3, 0.4) is 0 Å². The highest BCUT2D eigenvalue weighted by Crippen LogP contribution is 2.22. The molecule has 4 nitrogen and oxygen atoms in total. The summed E-state index contributed by atoms with van der Waals surface area (Å²) in [5.74, 6) is 0.651. The third-order valence-corrected chi connectivity index (χ3v) is 5.12. The molecule has 0 N–H and O–H groups in total. The molecule has 24 heavy (non-hydrogen) atoms. The van der Waals surface area contributed by atoms with Crippen molar-refractivity contribution >= 4 is 5.91 Å². The number of carbonyl (C=O) groups is 1. The van der Waals surface area contributed by atoms with Gasteiger partial charge >= 0.3 is 0 Å². The first-order chi connectivity index (χ1) is 11.6. The van der Waals surface area contributed by atoms with Gasteiger partial charge in [-0.25, -0.2) is 4.39 Å². The van der Waals surface area contributed by atoms with Crippen LogP contribution in [0.2, 0.25) is 0 Å². The van der Waals surface area contributed by atoms with E-state index < -0.39 is 0 Å². The Morgan fingerprint density at radius 3 is 2.83 bits per heavy atom. The molecule has 132 valence electrons. The van der Waals surface area contributed by atoms with E-state index >= 15 is 0 Å². The summed E-state index contributed by atoms with van der Waals surface area (Å²) < 4.78 is 19.2. The van der Waals surface area contributed by atoms with Crippen molar-refractivity contribution in [2.24, 2.45) is 5.92 Å². The molecule has 0 aromatic heterocycles. The Hall–Kier alpha value is -1.46. The smallest absolute Gasteiger partial charge is 0.222 e. The van der Waals surface area contributed by atoms with E-state index in [2.05, 4.69) is 11.9 Å². The number of halogens is 1. The minimum absolute atomic E-state index is 0.0365. The normalized spacial score (nSPS) is 22.4. The van der Waals surface area contributed by atoms with E-state index in [4.69, 9.17) is 4.74 Å². The zero-order valence-electron chi connectivity index (χ0n) is 14.4. The Kier molecular flexibility index (Phi) is 5.85. The number of hydrogen-bond donors (Lipinski definition) is 0. The second-order valence-electron chi connectivity index (χ2n) is 7.13. The number of hydrogen-bond acceptors (Lipinski definition) is 3. The lowest BCUT2D eigenvalue weighted by Crippen LogP contribution is -2.54. The summed E-state index contributed by atoms with van der Waals surface area (Å²) in [7, 11) is 2.15. The van der Waals surface area contributed by atoms with Gasteiger partial charge in [-0.05, 0) is 44.8 Å². The number of nitrogens with zero attached hydrogens (tertiary/aromatic N) is 2. The van der Waals surface area contributed by atoms with Gasteiger partial charge in [0.1, 0.15) is 5.82 Å². The van der Waals surface area contributed by atoms with Gasteiger partial charge in [0.2, 0.25) is 5.91 Å². The van der Waals surface area contributed by atoms with Crippen molar-refractivity contribution in [3.05, 3.63) is 35.6 Å². The van der Waals surface area contributed by atoms with Crippen molar-refractivity contribution in [1.82, 2.24) is 9.80 Å². The number of benzene rings is 1. The van der Waals surface area contributed by atoms with Crippen LogP contribution in [-0.2, 0) is 16.1 Å². The fourth-order valence-electron chi connectivity index (χ4n) is 3.56. The minimum Gasteiger partial charge on any atom is -0.370 e. The number of likely N-dealkylation sites (tertiary alicyclic amines) is 2. The molecular weight excluding hydrogens is 307 g/mol. The molecule has 5 heteroatoms. The van der Waals surface area contributed by atoms with Gasteiger partial charge in [0, 0.05) is 31.6 Å². The van der Waals surface area contributed by atoms with Gasteiger partial charge in [-0.15, -0.1) is 0 Å². The third-order valence-electron chi connectivity index (χ3n) is 5.12. The first-order valence-electron chi connectivity index (χ1n) is 8.93. The van der Waals surface area contributed by atoms with Crippen molar-refractivity contribution < 1.29 is 13.9 Å². The second-order valence-corrected chi connectivity index (χ2v) is 7.13. The quantitative estimate of drug-likeness (QED) is 0.802. The van der Waals surface area contributed by atoms with E-state index in [1.165, 1.54) is 25.5 Å². The van der Waals surface area contributed by atoms with Crippen LogP contribution < -0.4 is 0 Å². The molecule has 1 atom stereocenters. The summed E-state index contributed by atoms with van der Waals surface area (Å²) in [6.45, 7) is 3.84. The van der Waals surface area contributed by atoms with Gasteiger partial charge < -0.3 is 14.5 Å². The molecule has 0 bridgehead atoms. The molecule has 2 saturated heterocycles. The summed E-state index contributed by atoms with van der Waals surface area (Å²) in [4.78, 5) is 16.4. The van der Waals surface area contributed by atoms with Crippen LogP contribution in [-0.4, -0.2) is 55.0 Å². The molecular formula is C19H27FN2O2. The monoisotopic (exact) mass is 334 g/mol. The molecule has 2 fully saturated rings. The zero-order chi connectivity index (χ0) is 16.9. The van der Waals surface area contributed by atoms with Crippen LogP contribution in [0.15, 0.2) is 24.3 Å². The van der Waals surface area contributed by atoms with E-state index in [1.807, 2.05) is 4.90 Å². The lowest BCUT2D eigenvalue weighted by atomic mass is 9.93. The van der Waals surface area contributed by atoms with Crippen LogP contribution in [0.4, 0.5) is 4.39 Å². The molecule has 0 spiro atoms. The molecule has 0 aliphatic carbocycles. The van der Waals surface area contributed by atoms with E-state index in [1.54, 1.807) is 18.2 Å². The Labute approximate surface area is 143 Å². The van der Waals surface area contributed by atoms with Crippen LogP contribution in [0, 0.1) is 11.7 Å². The van der Waals surface area contributed by atoms with Gasteiger partial charge in [-0.1, -0.05) is 18.2 Å². The van der Waals surface area contributed by atoms with Gasteiger partial charge in [-0.3, -0.25) is 4.79 Å². The van der Waals surface area contributed by atoms with E-state index in [-0.39, 0.29) is 24.4 Å². The Morgan fingerprint density at radius 1 is 1.29 bits per heavy atom. The van der Waals surface area contributed by atoms with Crippen molar-refractivity contribution in [3.8, 4) is 0 Å². The summed E-state index contributed by atoms with van der Waals surface area (Å²) in [6, 6.07) is 6.66. The molecule has 2 aliphatic heterocycles. The molecule has 1 aromatic rings. The standard InChI is InChI=1S/C19H27FN2O2/c1-21-10-4-5-15(11-21)8-9-19(23)22-12-17(13-22)24-14-16-6-2-3-7-18(16)20/h2-3,6-7,15,17H,4-5,8-14H2,1H3. The van der Waals surface area contributed by atoms with Gasteiger partial charge in [0.05, 0.1) is 12.7 Å². The van der Waals surface area contributed by atoms with Crippen molar-refractivity contribution in [2.75, 3.05) is 33.2 Å². The molecule has 0 saturated carbocycles. The number of ether oxygens (including phenoxy) is 1. The Balaban J connectivity index is 1.32. The third kappa shape index (κ3) is 4.54. The average Bonchev–Trinajstić information content (AvgIpc) is 2.53. The molecule has 2 heterocycles. The molecule has 2 aliphatic rings. The minimum atomic E-state index is -0.234. The Morgan fingerprint density at radius 2 is 2.08 bits per heavy atom. The number of rotatable bonds is 6. The number of carbonyl (C=O) groups excluding carboxylic acids is 1. The number of piperidine rings is 1. The highest BCUT2D eigenvalue weighted by atomic mass is 19.1. The first kappa shape index (κ1) is 17.4. The molecule has 1 aromatic carbocycles. The topological polar surface area (TPSA) is 32.8 Å². The molecule has 1 amide bonds. The number of amides is 1. The van der Waals surface area contributed by atoms with E-state index in [0.717, 1.165) is 13.0 Å². The van der Waals surface area contributed by atoms with Crippen molar-refractivity contribution in [3.63, 3.8) is 0 Å². The van der Waals surface area contributed by atoms with Gasteiger partial charge in [-0.2, -0.15) is 0 Å². The molecule has 0 radical (unpaired) electrons. The van der Waals surface area contributed by atoms with Crippen LogP contribution >= 0.6 is 0 Å².